The zero-order chi connectivity index (χ0) is 18.0. The molecular formula is C20H31N5O. The quantitative estimate of drug-likeness (QED) is 0.563. The lowest BCUT2D eigenvalue weighted by atomic mass is 10.1. The summed E-state index contributed by atoms with van der Waals surface area (Å²) in [5, 5.41) is 6.78. The van der Waals surface area contributed by atoms with Crippen molar-refractivity contribution in [3.63, 3.8) is 0 Å². The number of nitrogens with one attached hydrogen (secondary N) is 2. The molecule has 0 saturated carbocycles. The van der Waals surface area contributed by atoms with Gasteiger partial charge in [0, 0.05) is 32.0 Å². The van der Waals surface area contributed by atoms with Gasteiger partial charge in [-0.25, -0.2) is 0 Å². The van der Waals surface area contributed by atoms with Crippen LogP contribution in [0.1, 0.15) is 38.0 Å². The number of hydrogen-bond acceptors (Lipinski definition) is 3. The van der Waals surface area contributed by atoms with Gasteiger partial charge in [0.25, 0.3) is 0 Å². The highest BCUT2D eigenvalue weighted by atomic mass is 16.3. The molecule has 0 radical (unpaired) electrons. The molecular weight excluding hydrogens is 326 g/mol. The Morgan fingerprint density at radius 2 is 1.96 bits per heavy atom. The predicted octanol–water partition coefficient (Wildman–Crippen LogP) is 2.86. The lowest BCUT2D eigenvalue weighted by Crippen LogP contribution is -2.40. The van der Waals surface area contributed by atoms with Gasteiger partial charge in [-0.2, -0.15) is 0 Å². The summed E-state index contributed by atoms with van der Waals surface area (Å²) in [7, 11) is 0. The second kappa shape index (κ2) is 10.1. The first-order valence-electron chi connectivity index (χ1n) is 9.77. The molecule has 1 aliphatic heterocycles. The Morgan fingerprint density at radius 3 is 2.65 bits per heavy atom. The second-order valence-electron chi connectivity index (χ2n) is 6.70. The maximum absolute atomic E-state index is 5.72. The monoisotopic (exact) mass is 357 g/mol. The molecule has 1 unspecified atom stereocenters. The van der Waals surface area contributed by atoms with Gasteiger partial charge in [-0.15, -0.1) is 0 Å². The molecule has 2 N–H and O–H groups in total. The molecule has 1 saturated heterocycles. The predicted molar refractivity (Wildman–Crippen MR) is 105 cm³/mol. The van der Waals surface area contributed by atoms with E-state index in [1.54, 1.807) is 6.26 Å². The Hall–Kier alpha value is -2.21. The van der Waals surface area contributed by atoms with E-state index in [4.69, 9.17) is 9.41 Å². The van der Waals surface area contributed by atoms with Crippen LogP contribution >= 0.6 is 0 Å². The van der Waals surface area contributed by atoms with Crippen molar-refractivity contribution in [1.29, 1.82) is 0 Å². The van der Waals surface area contributed by atoms with Crippen LogP contribution in [-0.4, -0.2) is 48.2 Å². The van der Waals surface area contributed by atoms with Gasteiger partial charge < -0.3 is 19.6 Å². The number of hydrogen-bond donors (Lipinski definition) is 2. The van der Waals surface area contributed by atoms with Gasteiger partial charge in [-0.3, -0.25) is 9.89 Å². The normalized spacial score (nSPS) is 17.2. The van der Waals surface area contributed by atoms with Crippen molar-refractivity contribution in [3.8, 4) is 0 Å². The van der Waals surface area contributed by atoms with Crippen molar-refractivity contribution in [3.05, 3.63) is 48.7 Å². The summed E-state index contributed by atoms with van der Waals surface area (Å²) in [5.74, 6) is 1.88. The van der Waals surface area contributed by atoms with E-state index in [0.29, 0.717) is 6.54 Å². The Labute approximate surface area is 156 Å². The van der Waals surface area contributed by atoms with Gasteiger partial charge in [-0.1, -0.05) is 6.42 Å². The molecule has 2 aromatic heterocycles. The van der Waals surface area contributed by atoms with E-state index in [1.165, 1.54) is 19.3 Å². The topological polar surface area (TPSA) is 57.7 Å². The highest BCUT2D eigenvalue weighted by Crippen LogP contribution is 2.25. The first kappa shape index (κ1) is 18.6. The fourth-order valence-electron chi connectivity index (χ4n) is 3.44. The van der Waals surface area contributed by atoms with E-state index in [0.717, 1.165) is 44.4 Å². The average Bonchev–Trinajstić information content (AvgIpc) is 3.37. The van der Waals surface area contributed by atoms with Gasteiger partial charge >= 0.3 is 0 Å². The van der Waals surface area contributed by atoms with E-state index in [9.17, 15) is 0 Å². The molecule has 0 amide bonds. The molecule has 1 aliphatic rings. The van der Waals surface area contributed by atoms with Crippen LogP contribution in [0.25, 0.3) is 0 Å². The smallest absolute Gasteiger partial charge is 0.191 e. The Morgan fingerprint density at radius 1 is 1.15 bits per heavy atom. The number of aliphatic imine (C=N–C) groups is 1. The fraction of sp³-hybridized carbons (Fsp3) is 0.550. The molecule has 1 atom stereocenters. The molecule has 26 heavy (non-hydrogen) atoms. The largest absolute Gasteiger partial charge is 0.468 e. The number of furan rings is 1. The Bertz CT molecular complexity index is 629. The lowest BCUT2D eigenvalue weighted by Gasteiger charge is -2.32. The van der Waals surface area contributed by atoms with E-state index in [1.807, 2.05) is 18.2 Å². The second-order valence-corrected chi connectivity index (χ2v) is 6.70. The molecule has 3 rings (SSSR count). The molecule has 3 heterocycles. The summed E-state index contributed by atoms with van der Waals surface area (Å²) in [6.07, 6.45) is 9.76. The van der Waals surface area contributed by atoms with Crippen molar-refractivity contribution in [2.45, 2.75) is 38.8 Å². The van der Waals surface area contributed by atoms with E-state index in [-0.39, 0.29) is 6.04 Å². The third kappa shape index (κ3) is 5.39. The molecule has 1 fully saturated rings. The summed E-state index contributed by atoms with van der Waals surface area (Å²) in [6, 6.07) is 8.35. The molecule has 142 valence electrons. The minimum Gasteiger partial charge on any atom is -0.468 e. The van der Waals surface area contributed by atoms with E-state index >= 15 is 0 Å². The van der Waals surface area contributed by atoms with Crippen LogP contribution in [0.2, 0.25) is 0 Å². The highest BCUT2D eigenvalue weighted by molar-refractivity contribution is 5.79. The third-order valence-corrected chi connectivity index (χ3v) is 4.80. The van der Waals surface area contributed by atoms with Gasteiger partial charge in [0.15, 0.2) is 5.96 Å². The van der Waals surface area contributed by atoms with Crippen molar-refractivity contribution < 1.29 is 4.42 Å². The minimum absolute atomic E-state index is 0.213. The molecule has 0 aromatic carbocycles. The summed E-state index contributed by atoms with van der Waals surface area (Å²) in [4.78, 5) is 7.36. The molecule has 6 nitrogen and oxygen atoms in total. The minimum atomic E-state index is 0.213. The number of piperidine rings is 1. The van der Waals surface area contributed by atoms with Crippen molar-refractivity contribution in [2.24, 2.45) is 4.99 Å². The summed E-state index contributed by atoms with van der Waals surface area (Å²) >= 11 is 0. The summed E-state index contributed by atoms with van der Waals surface area (Å²) in [6.45, 7) is 7.66. The van der Waals surface area contributed by atoms with Crippen LogP contribution in [0.15, 0.2) is 52.3 Å². The van der Waals surface area contributed by atoms with Gasteiger partial charge in [0.2, 0.25) is 0 Å². The fourth-order valence-corrected chi connectivity index (χ4v) is 3.44. The Balaban J connectivity index is 1.60. The van der Waals surface area contributed by atoms with Crippen LogP contribution in [0.5, 0.6) is 0 Å². The van der Waals surface area contributed by atoms with Crippen molar-refractivity contribution in [1.82, 2.24) is 20.1 Å². The van der Waals surface area contributed by atoms with Crippen LogP contribution in [0, 0.1) is 0 Å². The van der Waals surface area contributed by atoms with Crippen molar-refractivity contribution in [2.75, 3.05) is 32.7 Å². The maximum atomic E-state index is 5.72. The van der Waals surface area contributed by atoms with Crippen LogP contribution in [0.4, 0.5) is 0 Å². The summed E-state index contributed by atoms with van der Waals surface area (Å²) in [5.41, 5.74) is 0. The maximum Gasteiger partial charge on any atom is 0.191 e. The van der Waals surface area contributed by atoms with Crippen LogP contribution in [-0.2, 0) is 6.54 Å². The molecule has 6 heteroatoms. The number of nitrogens with zero attached hydrogens (tertiary/aromatic N) is 3. The van der Waals surface area contributed by atoms with Crippen LogP contribution in [0.3, 0.4) is 0 Å². The lowest BCUT2D eigenvalue weighted by molar-refractivity contribution is 0.150. The summed E-state index contributed by atoms with van der Waals surface area (Å²) < 4.78 is 7.88. The third-order valence-electron chi connectivity index (χ3n) is 4.80. The highest BCUT2D eigenvalue weighted by Gasteiger charge is 2.24. The first-order valence-corrected chi connectivity index (χ1v) is 9.77. The first-order chi connectivity index (χ1) is 12.9. The number of likely N-dealkylation sites (tertiary alicyclic amines) is 1. The zero-order valence-corrected chi connectivity index (χ0v) is 15.7. The van der Waals surface area contributed by atoms with Gasteiger partial charge in [-0.05, 0) is 57.1 Å². The Kier molecular flexibility index (Phi) is 7.19. The molecule has 2 aromatic rings. The number of aromatic nitrogens is 1. The van der Waals surface area contributed by atoms with Crippen LogP contribution < -0.4 is 10.6 Å². The molecule has 0 aliphatic carbocycles. The number of guanidine groups is 1. The number of rotatable bonds is 8. The van der Waals surface area contributed by atoms with Crippen molar-refractivity contribution >= 4 is 5.96 Å². The van der Waals surface area contributed by atoms with E-state index < -0.39 is 0 Å². The SMILES string of the molecule is CCNC(=NCC(c1ccco1)N1CCCCC1)NCCn1cccc1. The zero-order valence-electron chi connectivity index (χ0n) is 15.7. The molecule has 0 bridgehead atoms. The molecule has 0 spiro atoms. The van der Waals surface area contributed by atoms with Gasteiger partial charge in [0.1, 0.15) is 5.76 Å². The standard InChI is InChI=1S/C20H31N5O/c1-2-21-20(22-10-15-24-11-6-7-12-24)23-17-18(19-9-8-16-26-19)25-13-4-3-5-14-25/h6-9,11-12,16,18H,2-5,10,13-15,17H2,1H3,(H2,21,22,23). The van der Waals surface area contributed by atoms with Gasteiger partial charge in [0.05, 0.1) is 18.8 Å². The average molecular weight is 358 g/mol. The van der Waals surface area contributed by atoms with E-state index in [2.05, 4.69) is 45.5 Å².